The zero-order valence-corrected chi connectivity index (χ0v) is 9.46. The molecule has 0 amide bonds. The normalized spacial score (nSPS) is 10.6. The number of pyridine rings is 1. The molecular formula is C13H12N4. The van der Waals surface area contributed by atoms with Crippen molar-refractivity contribution in [3.8, 4) is 0 Å². The quantitative estimate of drug-likeness (QED) is 0.727. The van der Waals surface area contributed by atoms with E-state index >= 15 is 0 Å². The Morgan fingerprint density at radius 1 is 1.06 bits per heavy atom. The summed E-state index contributed by atoms with van der Waals surface area (Å²) in [6.07, 6.45) is 5.40. The number of nitrogens with zero attached hydrogens (tertiary/aromatic N) is 3. The molecule has 0 bridgehead atoms. The third-order valence-electron chi connectivity index (χ3n) is 2.72. The van der Waals surface area contributed by atoms with Crippen LogP contribution < -0.4 is 5.32 Å². The van der Waals surface area contributed by atoms with Gasteiger partial charge in [-0.1, -0.05) is 0 Å². The number of benzene rings is 1. The summed E-state index contributed by atoms with van der Waals surface area (Å²) < 4.78 is 1.87. The molecule has 0 aliphatic heterocycles. The molecule has 84 valence electrons. The van der Waals surface area contributed by atoms with Crippen LogP contribution in [-0.4, -0.2) is 14.8 Å². The second-order valence-corrected chi connectivity index (χ2v) is 3.90. The summed E-state index contributed by atoms with van der Waals surface area (Å²) in [5.74, 6) is 0. The molecule has 0 aliphatic rings. The molecule has 4 nitrogen and oxygen atoms in total. The lowest BCUT2D eigenvalue weighted by Crippen LogP contribution is -1.92. The summed E-state index contributed by atoms with van der Waals surface area (Å²) in [4.78, 5) is 3.99. The first-order valence-corrected chi connectivity index (χ1v) is 5.42. The SMILES string of the molecule is Cn1ncc2ccc(Nc3ccncc3)cc21. The molecule has 1 aromatic carbocycles. The van der Waals surface area contributed by atoms with Gasteiger partial charge in [0.2, 0.25) is 0 Å². The topological polar surface area (TPSA) is 42.7 Å². The number of aryl methyl sites for hydroxylation is 1. The van der Waals surface area contributed by atoms with Gasteiger partial charge in [-0.25, -0.2) is 0 Å². The van der Waals surface area contributed by atoms with Crippen LogP contribution in [0.2, 0.25) is 0 Å². The zero-order valence-electron chi connectivity index (χ0n) is 9.46. The van der Waals surface area contributed by atoms with Crippen LogP contribution in [0, 0.1) is 0 Å². The molecule has 0 saturated carbocycles. The van der Waals surface area contributed by atoms with Gasteiger partial charge in [-0.3, -0.25) is 9.67 Å². The fourth-order valence-corrected chi connectivity index (χ4v) is 1.82. The second-order valence-electron chi connectivity index (χ2n) is 3.90. The van der Waals surface area contributed by atoms with Gasteiger partial charge in [-0.2, -0.15) is 5.10 Å². The third-order valence-corrected chi connectivity index (χ3v) is 2.72. The molecule has 2 heterocycles. The Hall–Kier alpha value is -2.36. The minimum absolute atomic E-state index is 1.03. The Labute approximate surface area is 98.9 Å². The molecule has 3 rings (SSSR count). The number of hydrogen-bond acceptors (Lipinski definition) is 3. The number of fused-ring (bicyclic) bond motifs is 1. The first-order valence-electron chi connectivity index (χ1n) is 5.42. The highest BCUT2D eigenvalue weighted by Gasteiger charge is 2.01. The number of hydrogen-bond donors (Lipinski definition) is 1. The van der Waals surface area contributed by atoms with Crippen LogP contribution >= 0.6 is 0 Å². The molecule has 0 fully saturated rings. The van der Waals surface area contributed by atoms with Crippen molar-refractivity contribution in [1.82, 2.24) is 14.8 Å². The van der Waals surface area contributed by atoms with Crippen LogP contribution in [0.25, 0.3) is 10.9 Å². The molecule has 0 atom stereocenters. The number of anilines is 2. The van der Waals surface area contributed by atoms with Crippen LogP contribution in [-0.2, 0) is 7.05 Å². The minimum Gasteiger partial charge on any atom is -0.355 e. The lowest BCUT2D eigenvalue weighted by Gasteiger charge is -2.06. The van der Waals surface area contributed by atoms with Crippen LogP contribution in [0.5, 0.6) is 0 Å². The van der Waals surface area contributed by atoms with E-state index in [-0.39, 0.29) is 0 Å². The monoisotopic (exact) mass is 224 g/mol. The van der Waals surface area contributed by atoms with Crippen molar-refractivity contribution in [2.24, 2.45) is 7.05 Å². The largest absolute Gasteiger partial charge is 0.355 e. The average molecular weight is 224 g/mol. The van der Waals surface area contributed by atoms with E-state index < -0.39 is 0 Å². The van der Waals surface area contributed by atoms with Gasteiger partial charge in [-0.05, 0) is 30.3 Å². The smallest absolute Gasteiger partial charge is 0.0699 e. The molecule has 0 spiro atoms. The van der Waals surface area contributed by atoms with Crippen molar-refractivity contribution in [2.45, 2.75) is 0 Å². The van der Waals surface area contributed by atoms with Gasteiger partial charge in [0.05, 0.1) is 11.7 Å². The van der Waals surface area contributed by atoms with Gasteiger partial charge in [0.1, 0.15) is 0 Å². The number of rotatable bonds is 2. The average Bonchev–Trinajstić information content (AvgIpc) is 2.73. The highest BCUT2D eigenvalue weighted by atomic mass is 15.2. The fraction of sp³-hybridized carbons (Fsp3) is 0.0769. The van der Waals surface area contributed by atoms with Gasteiger partial charge in [0.15, 0.2) is 0 Å². The Morgan fingerprint density at radius 3 is 2.71 bits per heavy atom. The Morgan fingerprint density at radius 2 is 1.88 bits per heavy atom. The number of nitrogens with one attached hydrogen (secondary N) is 1. The Bertz CT molecular complexity index is 643. The van der Waals surface area contributed by atoms with Crippen molar-refractivity contribution in [2.75, 3.05) is 5.32 Å². The van der Waals surface area contributed by atoms with E-state index in [1.54, 1.807) is 12.4 Å². The van der Waals surface area contributed by atoms with Crippen molar-refractivity contribution < 1.29 is 0 Å². The first kappa shape index (κ1) is 9.84. The minimum atomic E-state index is 1.03. The highest BCUT2D eigenvalue weighted by Crippen LogP contribution is 2.21. The van der Waals surface area contributed by atoms with Gasteiger partial charge < -0.3 is 5.32 Å². The van der Waals surface area contributed by atoms with E-state index in [0.717, 1.165) is 22.3 Å². The van der Waals surface area contributed by atoms with Crippen LogP contribution in [0.1, 0.15) is 0 Å². The molecule has 3 aromatic rings. The molecule has 4 heteroatoms. The van der Waals surface area contributed by atoms with Crippen molar-refractivity contribution >= 4 is 22.3 Å². The molecule has 0 unspecified atom stereocenters. The standard InChI is InChI=1S/C13H12N4/c1-17-13-8-12(3-2-10(13)9-15-17)16-11-4-6-14-7-5-11/h2-9H,1H3,(H,14,16). The van der Waals surface area contributed by atoms with Crippen molar-refractivity contribution in [3.05, 3.63) is 48.9 Å². The predicted octanol–water partition coefficient (Wildman–Crippen LogP) is 2.71. The van der Waals surface area contributed by atoms with Crippen LogP contribution in [0.15, 0.2) is 48.9 Å². The zero-order chi connectivity index (χ0) is 11.7. The lowest BCUT2D eigenvalue weighted by atomic mass is 10.2. The molecule has 17 heavy (non-hydrogen) atoms. The van der Waals surface area contributed by atoms with Crippen LogP contribution in [0.4, 0.5) is 11.4 Å². The summed E-state index contributed by atoms with van der Waals surface area (Å²) in [6, 6.07) is 10.1. The summed E-state index contributed by atoms with van der Waals surface area (Å²) in [7, 11) is 1.94. The van der Waals surface area contributed by atoms with E-state index in [1.165, 1.54) is 0 Å². The fourth-order valence-electron chi connectivity index (χ4n) is 1.82. The van der Waals surface area contributed by atoms with E-state index in [2.05, 4.69) is 27.5 Å². The summed E-state index contributed by atoms with van der Waals surface area (Å²) in [5.41, 5.74) is 3.19. The van der Waals surface area contributed by atoms with E-state index in [4.69, 9.17) is 0 Å². The maximum absolute atomic E-state index is 4.22. The molecule has 0 saturated heterocycles. The third kappa shape index (κ3) is 1.85. The lowest BCUT2D eigenvalue weighted by molar-refractivity contribution is 0.797. The Kier molecular flexibility index (Phi) is 2.26. The Balaban J connectivity index is 1.98. The van der Waals surface area contributed by atoms with E-state index in [0.29, 0.717) is 0 Å². The van der Waals surface area contributed by atoms with Crippen molar-refractivity contribution in [1.29, 1.82) is 0 Å². The summed E-state index contributed by atoms with van der Waals surface area (Å²) in [6.45, 7) is 0. The predicted molar refractivity (Wildman–Crippen MR) is 68.2 cm³/mol. The molecular weight excluding hydrogens is 212 g/mol. The first-order chi connectivity index (χ1) is 8.33. The maximum atomic E-state index is 4.22. The summed E-state index contributed by atoms with van der Waals surface area (Å²) >= 11 is 0. The van der Waals surface area contributed by atoms with E-state index in [9.17, 15) is 0 Å². The number of aromatic nitrogens is 3. The highest BCUT2D eigenvalue weighted by molar-refractivity contribution is 5.83. The van der Waals surface area contributed by atoms with Gasteiger partial charge >= 0.3 is 0 Å². The van der Waals surface area contributed by atoms with Gasteiger partial charge in [-0.15, -0.1) is 0 Å². The summed E-state index contributed by atoms with van der Waals surface area (Å²) in [5, 5.41) is 8.70. The van der Waals surface area contributed by atoms with E-state index in [1.807, 2.05) is 36.1 Å². The van der Waals surface area contributed by atoms with Crippen LogP contribution in [0.3, 0.4) is 0 Å². The van der Waals surface area contributed by atoms with Crippen molar-refractivity contribution in [3.63, 3.8) is 0 Å². The molecule has 0 aliphatic carbocycles. The van der Waals surface area contributed by atoms with Gasteiger partial charge in [0, 0.05) is 36.2 Å². The second kappa shape index (κ2) is 3.90. The molecule has 0 radical (unpaired) electrons. The van der Waals surface area contributed by atoms with Gasteiger partial charge in [0.25, 0.3) is 0 Å². The molecule has 1 N–H and O–H groups in total. The maximum Gasteiger partial charge on any atom is 0.0699 e. The molecule has 2 aromatic heterocycles.